The van der Waals surface area contributed by atoms with Gasteiger partial charge in [-0.3, -0.25) is 4.79 Å². The molecule has 0 unspecified atom stereocenters. The first-order valence-electron chi connectivity index (χ1n) is 3.71. The van der Waals surface area contributed by atoms with E-state index in [9.17, 15) is 4.79 Å². The van der Waals surface area contributed by atoms with E-state index in [0.717, 1.165) is 0 Å². The van der Waals surface area contributed by atoms with Gasteiger partial charge in [-0.15, -0.1) is 11.3 Å². The molecule has 0 aliphatic rings. The van der Waals surface area contributed by atoms with Gasteiger partial charge in [0, 0.05) is 0 Å². The van der Waals surface area contributed by atoms with Gasteiger partial charge in [0.1, 0.15) is 0 Å². The van der Waals surface area contributed by atoms with Crippen molar-refractivity contribution in [1.82, 2.24) is 0 Å². The van der Waals surface area contributed by atoms with Crippen molar-refractivity contribution in [2.45, 2.75) is 0 Å². The topological polar surface area (TPSA) is 30.2 Å². The molecule has 0 saturated carbocycles. The van der Waals surface area contributed by atoms with Crippen LogP contribution in [0.15, 0.2) is 32.7 Å². The zero-order valence-corrected chi connectivity index (χ0v) is 9.95. The maximum atomic E-state index is 11.8. The normalized spacial score (nSPS) is 10.4. The summed E-state index contributed by atoms with van der Waals surface area (Å²) in [6.45, 7) is 0. The first-order valence-corrected chi connectivity index (χ1v) is 5.76. The highest BCUT2D eigenvalue weighted by atomic mass is 79.9. The molecule has 0 fully saturated rings. The van der Waals surface area contributed by atoms with E-state index in [2.05, 4.69) is 15.9 Å². The predicted octanol–water partition coefficient (Wildman–Crippen LogP) is 3.99. The van der Waals surface area contributed by atoms with Crippen LogP contribution in [-0.2, 0) is 0 Å². The fourth-order valence-corrected chi connectivity index (χ4v) is 2.47. The highest BCUT2D eigenvalue weighted by Crippen LogP contribution is 2.28. The van der Waals surface area contributed by atoms with E-state index in [1.165, 1.54) is 17.6 Å². The molecule has 2 aromatic rings. The summed E-state index contributed by atoms with van der Waals surface area (Å²) >= 11 is 10.4. The average Bonchev–Trinajstić information content (AvgIpc) is 2.73. The van der Waals surface area contributed by atoms with Crippen molar-refractivity contribution in [3.8, 4) is 0 Å². The molecule has 0 aliphatic heterocycles. The van der Waals surface area contributed by atoms with Gasteiger partial charge in [-0.25, -0.2) is 0 Å². The van der Waals surface area contributed by atoms with E-state index in [1.54, 1.807) is 17.5 Å². The molecule has 5 heteroatoms. The first kappa shape index (κ1) is 9.96. The molecule has 0 aromatic carbocycles. The van der Waals surface area contributed by atoms with Crippen LogP contribution < -0.4 is 0 Å². The molecule has 0 N–H and O–H groups in total. The summed E-state index contributed by atoms with van der Waals surface area (Å²) in [5.41, 5.74) is 0. The lowest BCUT2D eigenvalue weighted by Gasteiger charge is -1.94. The number of carbonyl (C=O) groups excluding carboxylic acids is 1. The van der Waals surface area contributed by atoms with Crippen molar-refractivity contribution in [2.24, 2.45) is 0 Å². The minimum Gasteiger partial charge on any atom is -0.460 e. The molecule has 0 atom stereocenters. The lowest BCUT2D eigenvalue weighted by molar-refractivity contribution is 0.101. The van der Waals surface area contributed by atoms with Gasteiger partial charge in [0.15, 0.2) is 5.76 Å². The summed E-state index contributed by atoms with van der Waals surface area (Å²) in [6, 6.07) is 3.37. The second-order valence-corrected chi connectivity index (χ2v) is 4.70. The maximum absolute atomic E-state index is 11.8. The minimum absolute atomic E-state index is 0.193. The molecular weight excluding hydrogens is 288 g/mol. The van der Waals surface area contributed by atoms with Crippen molar-refractivity contribution >= 4 is 44.7 Å². The fraction of sp³-hybridized carbons (Fsp3) is 0. The van der Waals surface area contributed by atoms with Crippen molar-refractivity contribution in [3.63, 3.8) is 0 Å². The lowest BCUT2D eigenvalue weighted by atomic mass is 10.2. The number of hydrogen-bond donors (Lipinski definition) is 0. The number of hydrogen-bond acceptors (Lipinski definition) is 3. The summed E-state index contributed by atoms with van der Waals surface area (Å²) < 4.78 is 5.70. The van der Waals surface area contributed by atoms with Crippen molar-refractivity contribution in [1.29, 1.82) is 0 Å². The number of ketones is 1. The molecule has 72 valence electrons. The lowest BCUT2D eigenvalue weighted by Crippen LogP contribution is -1.97. The van der Waals surface area contributed by atoms with Crippen LogP contribution >= 0.6 is 38.9 Å². The molecule has 2 rings (SSSR count). The summed E-state index contributed by atoms with van der Waals surface area (Å²) in [5, 5.41) is 2.23. The van der Waals surface area contributed by atoms with Gasteiger partial charge in [0.2, 0.25) is 5.78 Å². The molecule has 0 bridgehead atoms. The molecule has 2 aromatic heterocycles. The summed E-state index contributed by atoms with van der Waals surface area (Å²) in [6.07, 6.45) is 1.46. The quantitative estimate of drug-likeness (QED) is 0.783. The Morgan fingerprint density at radius 2 is 2.29 bits per heavy atom. The van der Waals surface area contributed by atoms with Crippen molar-refractivity contribution < 1.29 is 9.21 Å². The third-order valence-electron chi connectivity index (χ3n) is 1.65. The van der Waals surface area contributed by atoms with Gasteiger partial charge < -0.3 is 4.42 Å². The minimum atomic E-state index is -0.193. The van der Waals surface area contributed by atoms with Gasteiger partial charge >= 0.3 is 0 Å². The SMILES string of the molecule is O=C(c1occc1Br)c1sccc1Cl. The van der Waals surface area contributed by atoms with Crippen LogP contribution in [0.5, 0.6) is 0 Å². The van der Waals surface area contributed by atoms with Crippen molar-refractivity contribution in [3.05, 3.63) is 43.9 Å². The number of rotatable bonds is 2. The van der Waals surface area contributed by atoms with Crippen LogP contribution in [0, 0.1) is 0 Å². The van der Waals surface area contributed by atoms with Crippen LogP contribution in [0.1, 0.15) is 15.4 Å². The molecule has 0 spiro atoms. The summed E-state index contributed by atoms with van der Waals surface area (Å²) in [5.74, 6) is 0.0937. The van der Waals surface area contributed by atoms with Crippen LogP contribution in [0.4, 0.5) is 0 Å². The van der Waals surface area contributed by atoms with Crippen LogP contribution in [0.3, 0.4) is 0 Å². The van der Waals surface area contributed by atoms with E-state index in [1.807, 2.05) is 0 Å². The van der Waals surface area contributed by atoms with Gasteiger partial charge in [0.05, 0.1) is 20.6 Å². The number of carbonyl (C=O) groups is 1. The predicted molar refractivity (Wildman–Crippen MR) is 59.2 cm³/mol. The van der Waals surface area contributed by atoms with E-state index in [-0.39, 0.29) is 11.5 Å². The Hall–Kier alpha value is -0.580. The molecular formula is C9H4BrClO2S. The number of thiophene rings is 1. The smallest absolute Gasteiger partial charge is 0.240 e. The summed E-state index contributed by atoms with van der Waals surface area (Å²) in [4.78, 5) is 12.3. The molecule has 2 nitrogen and oxygen atoms in total. The number of furan rings is 1. The zero-order chi connectivity index (χ0) is 10.1. The van der Waals surface area contributed by atoms with Gasteiger partial charge in [-0.05, 0) is 33.4 Å². The average molecular weight is 292 g/mol. The van der Waals surface area contributed by atoms with Gasteiger partial charge in [-0.1, -0.05) is 11.6 Å². The third kappa shape index (κ3) is 1.65. The second kappa shape index (κ2) is 3.88. The van der Waals surface area contributed by atoms with E-state index >= 15 is 0 Å². The standard InChI is InChI=1S/C9H4BrClO2S/c10-5-1-3-13-8(5)7(12)9-6(11)2-4-14-9/h1-4H. The Morgan fingerprint density at radius 1 is 1.50 bits per heavy atom. The second-order valence-electron chi connectivity index (χ2n) is 2.52. The molecule has 0 aliphatic carbocycles. The first-order chi connectivity index (χ1) is 6.70. The molecule has 0 saturated heterocycles. The van der Waals surface area contributed by atoms with Crippen molar-refractivity contribution in [2.75, 3.05) is 0 Å². The highest BCUT2D eigenvalue weighted by molar-refractivity contribution is 9.10. The van der Waals surface area contributed by atoms with Crippen LogP contribution in [0.2, 0.25) is 5.02 Å². The van der Waals surface area contributed by atoms with E-state index < -0.39 is 0 Å². The number of halogens is 2. The molecule has 14 heavy (non-hydrogen) atoms. The Kier molecular flexibility index (Phi) is 2.76. The molecule has 2 heterocycles. The zero-order valence-electron chi connectivity index (χ0n) is 6.79. The van der Waals surface area contributed by atoms with Gasteiger partial charge in [0.25, 0.3) is 0 Å². The maximum Gasteiger partial charge on any atom is 0.240 e. The molecule has 0 radical (unpaired) electrons. The van der Waals surface area contributed by atoms with Crippen LogP contribution in [0.25, 0.3) is 0 Å². The van der Waals surface area contributed by atoms with Gasteiger partial charge in [-0.2, -0.15) is 0 Å². The monoisotopic (exact) mass is 290 g/mol. The summed E-state index contributed by atoms with van der Waals surface area (Å²) in [7, 11) is 0. The Morgan fingerprint density at radius 3 is 2.79 bits per heavy atom. The highest BCUT2D eigenvalue weighted by Gasteiger charge is 2.19. The van der Waals surface area contributed by atoms with Crippen LogP contribution in [-0.4, -0.2) is 5.78 Å². The molecule has 0 amide bonds. The Bertz CT molecular complexity index is 432. The fourth-order valence-electron chi connectivity index (χ4n) is 1.01. The van der Waals surface area contributed by atoms with E-state index in [0.29, 0.717) is 14.4 Å². The largest absolute Gasteiger partial charge is 0.460 e. The third-order valence-corrected chi connectivity index (χ3v) is 3.61. The Balaban J connectivity index is 2.44. The van der Waals surface area contributed by atoms with E-state index in [4.69, 9.17) is 16.0 Å². The Labute approximate surface area is 97.6 Å².